The third-order valence-corrected chi connectivity index (χ3v) is 6.92. The average Bonchev–Trinajstić information content (AvgIpc) is 3.36. The van der Waals surface area contributed by atoms with Crippen molar-refractivity contribution in [3.63, 3.8) is 0 Å². The summed E-state index contributed by atoms with van der Waals surface area (Å²) in [5.41, 5.74) is 2.51. The van der Waals surface area contributed by atoms with E-state index in [4.69, 9.17) is 14.3 Å². The minimum atomic E-state index is -1.71. The van der Waals surface area contributed by atoms with Crippen LogP contribution >= 0.6 is 0 Å². The molecule has 1 N–H and O–H groups in total. The number of rotatable bonds is 5. The van der Waals surface area contributed by atoms with E-state index in [0.717, 1.165) is 27.6 Å². The SMILES string of the molecule is COC(=O)C1(C(=O)OC)C[C@H](c2ccccc2)ON(c2ccc(C)cc2)[C@@H]1c1c[nH]c2ccccc12. The number of hydrogen-bond acceptors (Lipinski definition) is 6. The summed E-state index contributed by atoms with van der Waals surface area (Å²) in [5.74, 6) is -1.35. The van der Waals surface area contributed by atoms with Gasteiger partial charge in [-0.3, -0.25) is 14.4 Å². The van der Waals surface area contributed by atoms with Crippen LogP contribution in [0, 0.1) is 12.3 Å². The quantitative estimate of drug-likeness (QED) is 0.300. The van der Waals surface area contributed by atoms with Gasteiger partial charge >= 0.3 is 11.9 Å². The van der Waals surface area contributed by atoms with Crippen molar-refractivity contribution in [3.05, 3.63) is 102 Å². The Kier molecular flexibility index (Phi) is 6.24. The number of hydrogen-bond donors (Lipinski definition) is 1. The molecule has 0 amide bonds. The largest absolute Gasteiger partial charge is 0.468 e. The summed E-state index contributed by atoms with van der Waals surface area (Å²) >= 11 is 0. The Morgan fingerprint density at radius 1 is 0.917 bits per heavy atom. The zero-order valence-electron chi connectivity index (χ0n) is 20.4. The molecule has 3 aromatic carbocycles. The molecular formula is C29H28N2O5. The summed E-state index contributed by atoms with van der Waals surface area (Å²) in [6, 6.07) is 24.2. The first kappa shape index (κ1) is 23.6. The van der Waals surface area contributed by atoms with Gasteiger partial charge in [-0.05, 0) is 30.7 Å². The molecule has 0 spiro atoms. The van der Waals surface area contributed by atoms with Gasteiger partial charge in [0.2, 0.25) is 0 Å². The van der Waals surface area contributed by atoms with E-state index in [1.54, 1.807) is 5.06 Å². The Hall–Kier alpha value is -4.10. The zero-order chi connectivity index (χ0) is 25.3. The van der Waals surface area contributed by atoms with Crippen LogP contribution in [0.4, 0.5) is 5.69 Å². The molecule has 0 unspecified atom stereocenters. The molecule has 1 aliphatic rings. The summed E-state index contributed by atoms with van der Waals surface area (Å²) in [4.78, 5) is 37.4. The van der Waals surface area contributed by atoms with Crippen LogP contribution in [-0.4, -0.2) is 31.1 Å². The summed E-state index contributed by atoms with van der Waals surface area (Å²) < 4.78 is 10.6. The highest BCUT2D eigenvalue weighted by atomic mass is 16.7. The Balaban J connectivity index is 1.80. The second-order valence-electron chi connectivity index (χ2n) is 9.02. The third kappa shape index (κ3) is 3.82. The number of ether oxygens (including phenoxy) is 2. The number of H-pyrrole nitrogens is 1. The first-order valence-electron chi connectivity index (χ1n) is 11.8. The van der Waals surface area contributed by atoms with Gasteiger partial charge in [0.15, 0.2) is 5.41 Å². The number of nitrogens with one attached hydrogen (secondary N) is 1. The predicted octanol–water partition coefficient (Wildman–Crippen LogP) is 5.43. The maximum Gasteiger partial charge on any atom is 0.325 e. The van der Waals surface area contributed by atoms with Crippen LogP contribution in [0.1, 0.15) is 35.3 Å². The highest BCUT2D eigenvalue weighted by Gasteiger charge is 2.62. The van der Waals surface area contributed by atoms with E-state index in [1.807, 2.05) is 92.0 Å². The molecule has 5 rings (SSSR count). The van der Waals surface area contributed by atoms with E-state index < -0.39 is 29.5 Å². The molecule has 1 fully saturated rings. The molecule has 4 aromatic rings. The molecule has 1 aromatic heterocycles. The van der Waals surface area contributed by atoms with Crippen LogP contribution < -0.4 is 5.06 Å². The number of aromatic amines is 1. The normalized spacial score (nSPS) is 19.1. The molecule has 2 atom stereocenters. The van der Waals surface area contributed by atoms with E-state index in [2.05, 4.69) is 4.98 Å². The lowest BCUT2D eigenvalue weighted by Gasteiger charge is -2.49. The van der Waals surface area contributed by atoms with E-state index >= 15 is 0 Å². The molecule has 7 nitrogen and oxygen atoms in total. The van der Waals surface area contributed by atoms with E-state index in [1.165, 1.54) is 14.2 Å². The van der Waals surface area contributed by atoms with E-state index in [9.17, 15) is 9.59 Å². The lowest BCUT2D eigenvalue weighted by atomic mass is 9.70. The van der Waals surface area contributed by atoms with Crippen molar-refractivity contribution in [2.24, 2.45) is 5.41 Å². The number of methoxy groups -OCH3 is 2. The number of carbonyl (C=O) groups excluding carboxylic acids is 2. The van der Waals surface area contributed by atoms with Gasteiger partial charge in [0, 0.05) is 29.1 Å². The first-order chi connectivity index (χ1) is 17.5. The smallest absolute Gasteiger partial charge is 0.325 e. The number of aromatic nitrogens is 1. The van der Waals surface area contributed by atoms with Gasteiger partial charge in [0.05, 0.1) is 19.9 Å². The number of para-hydroxylation sites is 1. The van der Waals surface area contributed by atoms with Crippen LogP contribution in [0.25, 0.3) is 10.9 Å². The minimum absolute atomic E-state index is 0.0445. The fourth-order valence-electron chi connectivity index (χ4n) is 5.14. The zero-order valence-corrected chi connectivity index (χ0v) is 20.4. The van der Waals surface area contributed by atoms with Gasteiger partial charge in [-0.1, -0.05) is 66.2 Å². The van der Waals surface area contributed by atoms with Gasteiger partial charge in [-0.2, -0.15) is 0 Å². The number of nitrogens with zero attached hydrogens (tertiary/aromatic N) is 1. The number of benzene rings is 3. The Morgan fingerprint density at radius 3 is 2.22 bits per heavy atom. The average molecular weight is 485 g/mol. The van der Waals surface area contributed by atoms with Crippen LogP contribution in [0.3, 0.4) is 0 Å². The summed E-state index contributed by atoms with van der Waals surface area (Å²) in [5, 5.41) is 2.54. The van der Waals surface area contributed by atoms with Gasteiger partial charge in [-0.25, -0.2) is 5.06 Å². The van der Waals surface area contributed by atoms with Crippen LogP contribution in [0.2, 0.25) is 0 Å². The van der Waals surface area contributed by atoms with Crippen molar-refractivity contribution in [2.75, 3.05) is 19.3 Å². The maximum absolute atomic E-state index is 13.7. The van der Waals surface area contributed by atoms with Gasteiger partial charge in [0.1, 0.15) is 12.1 Å². The standard InChI is InChI=1S/C29H28N2O5/c1-19-13-15-21(16-14-19)31-26(23-18-30-24-12-8-7-11-22(23)24)29(27(32)34-2,28(33)35-3)17-25(36-31)20-9-5-4-6-10-20/h4-16,18,25-26,30H,17H2,1-3H3/t25-,26-/m1/s1. The van der Waals surface area contributed by atoms with E-state index in [-0.39, 0.29) is 6.42 Å². The molecule has 0 aliphatic carbocycles. The lowest BCUT2D eigenvalue weighted by molar-refractivity contribution is -0.186. The van der Waals surface area contributed by atoms with Crippen molar-refractivity contribution in [1.29, 1.82) is 0 Å². The molecule has 1 saturated heterocycles. The van der Waals surface area contributed by atoms with Crippen molar-refractivity contribution < 1.29 is 23.9 Å². The number of carbonyl (C=O) groups is 2. The van der Waals surface area contributed by atoms with Crippen molar-refractivity contribution >= 4 is 28.5 Å². The van der Waals surface area contributed by atoms with Gasteiger partial charge < -0.3 is 14.5 Å². The summed E-state index contributed by atoms with van der Waals surface area (Å²) in [7, 11) is 2.59. The Bertz CT molecular complexity index is 1360. The number of hydroxylamine groups is 1. The highest BCUT2D eigenvalue weighted by molar-refractivity contribution is 6.03. The molecule has 0 radical (unpaired) electrons. The second-order valence-corrected chi connectivity index (χ2v) is 9.02. The number of esters is 2. The van der Waals surface area contributed by atoms with Crippen molar-refractivity contribution in [3.8, 4) is 0 Å². The number of fused-ring (bicyclic) bond motifs is 1. The lowest BCUT2D eigenvalue weighted by Crippen LogP contribution is -2.56. The molecular weight excluding hydrogens is 456 g/mol. The minimum Gasteiger partial charge on any atom is -0.468 e. The maximum atomic E-state index is 13.7. The molecule has 184 valence electrons. The van der Waals surface area contributed by atoms with Crippen molar-refractivity contribution in [2.45, 2.75) is 25.5 Å². The fourth-order valence-corrected chi connectivity index (χ4v) is 5.14. The van der Waals surface area contributed by atoms with Crippen LogP contribution in [0.15, 0.2) is 85.1 Å². The van der Waals surface area contributed by atoms with Gasteiger partial charge in [-0.15, -0.1) is 0 Å². The topological polar surface area (TPSA) is 80.9 Å². The van der Waals surface area contributed by atoms with Crippen LogP contribution in [-0.2, 0) is 23.9 Å². The van der Waals surface area contributed by atoms with Crippen LogP contribution in [0.5, 0.6) is 0 Å². The Labute approximate surface area is 209 Å². The molecule has 7 heteroatoms. The summed E-state index contributed by atoms with van der Waals surface area (Å²) in [6.45, 7) is 2.00. The predicted molar refractivity (Wildman–Crippen MR) is 136 cm³/mol. The molecule has 1 aliphatic heterocycles. The van der Waals surface area contributed by atoms with E-state index in [0.29, 0.717) is 5.69 Å². The van der Waals surface area contributed by atoms with Crippen molar-refractivity contribution in [1.82, 2.24) is 4.98 Å². The second kappa shape index (κ2) is 9.51. The van der Waals surface area contributed by atoms with Gasteiger partial charge in [0.25, 0.3) is 0 Å². The number of anilines is 1. The molecule has 0 bridgehead atoms. The number of aryl methyl sites for hydroxylation is 1. The molecule has 2 heterocycles. The molecule has 36 heavy (non-hydrogen) atoms. The Morgan fingerprint density at radius 2 is 1.56 bits per heavy atom. The highest BCUT2D eigenvalue weighted by Crippen LogP contribution is 2.54. The summed E-state index contributed by atoms with van der Waals surface area (Å²) in [6.07, 6.45) is 1.26. The third-order valence-electron chi connectivity index (χ3n) is 6.92. The monoisotopic (exact) mass is 484 g/mol. The first-order valence-corrected chi connectivity index (χ1v) is 11.8. The fraction of sp³-hybridized carbons (Fsp3) is 0.241. The molecule has 0 saturated carbocycles.